The smallest absolute Gasteiger partial charge is 0.250 e. The molecule has 0 aliphatic rings. The number of carbonyl (C=O) groups excluding carboxylic acids is 1. The molecular formula is C22H15Cl2N3O2S2. The van der Waals surface area contributed by atoms with Gasteiger partial charge in [-0.15, -0.1) is 0 Å². The monoisotopic (exact) mass is 487 g/mol. The van der Waals surface area contributed by atoms with Crippen LogP contribution >= 0.6 is 46.8 Å². The van der Waals surface area contributed by atoms with Gasteiger partial charge in [0.15, 0.2) is 10.2 Å². The van der Waals surface area contributed by atoms with Gasteiger partial charge in [-0.25, -0.2) is 4.98 Å². The van der Waals surface area contributed by atoms with Crippen LogP contribution in [0, 0.1) is 6.92 Å². The SMILES string of the molecule is Cc1cc2sc(NC(=S)NC(=O)C=Cc3ccc(-c4ccc(Cl)cc4)o3)nc2cc1Cl. The summed E-state index contributed by atoms with van der Waals surface area (Å²) in [5.74, 6) is 0.833. The fraction of sp³-hybridized carbons (Fsp3) is 0.0455. The van der Waals surface area contributed by atoms with E-state index in [0.29, 0.717) is 26.7 Å². The van der Waals surface area contributed by atoms with Crippen molar-refractivity contribution in [3.05, 3.63) is 76.0 Å². The molecule has 0 fully saturated rings. The number of hydrogen-bond acceptors (Lipinski definition) is 5. The van der Waals surface area contributed by atoms with Crippen LogP contribution in [0.4, 0.5) is 5.13 Å². The summed E-state index contributed by atoms with van der Waals surface area (Å²) in [6, 6.07) is 14.7. The highest BCUT2D eigenvalue weighted by Crippen LogP contribution is 2.30. The number of amides is 1. The van der Waals surface area contributed by atoms with Gasteiger partial charge in [0.1, 0.15) is 11.5 Å². The Morgan fingerprint density at radius 3 is 2.71 bits per heavy atom. The van der Waals surface area contributed by atoms with E-state index in [4.69, 9.17) is 39.8 Å². The Morgan fingerprint density at radius 1 is 1.16 bits per heavy atom. The van der Waals surface area contributed by atoms with Crippen LogP contribution in [-0.4, -0.2) is 16.0 Å². The zero-order valence-corrected chi connectivity index (χ0v) is 19.3. The van der Waals surface area contributed by atoms with Crippen LogP contribution in [0.25, 0.3) is 27.6 Å². The van der Waals surface area contributed by atoms with Crippen molar-refractivity contribution in [3.63, 3.8) is 0 Å². The summed E-state index contributed by atoms with van der Waals surface area (Å²) in [4.78, 5) is 16.6. The lowest BCUT2D eigenvalue weighted by Crippen LogP contribution is -2.32. The quantitative estimate of drug-likeness (QED) is 0.247. The summed E-state index contributed by atoms with van der Waals surface area (Å²) >= 11 is 18.7. The highest BCUT2D eigenvalue weighted by Gasteiger charge is 2.09. The Bertz CT molecular complexity index is 1270. The summed E-state index contributed by atoms with van der Waals surface area (Å²) in [7, 11) is 0. The number of nitrogens with zero attached hydrogens (tertiary/aromatic N) is 1. The number of thiazole rings is 1. The van der Waals surface area contributed by atoms with Crippen LogP contribution in [0.5, 0.6) is 0 Å². The second-order valence-corrected chi connectivity index (χ2v) is 8.86. The number of carbonyl (C=O) groups is 1. The number of nitrogens with one attached hydrogen (secondary N) is 2. The van der Waals surface area contributed by atoms with Crippen LogP contribution in [-0.2, 0) is 4.79 Å². The Labute approximate surface area is 197 Å². The number of furan rings is 1. The van der Waals surface area contributed by atoms with E-state index in [9.17, 15) is 4.79 Å². The van der Waals surface area contributed by atoms with E-state index in [1.165, 1.54) is 17.4 Å². The zero-order valence-electron chi connectivity index (χ0n) is 16.1. The summed E-state index contributed by atoms with van der Waals surface area (Å²) in [5.41, 5.74) is 2.64. The maximum Gasteiger partial charge on any atom is 0.250 e. The first kappa shape index (κ1) is 21.5. The van der Waals surface area contributed by atoms with Crippen molar-refractivity contribution in [1.29, 1.82) is 0 Å². The molecule has 5 nitrogen and oxygen atoms in total. The van der Waals surface area contributed by atoms with E-state index in [0.717, 1.165) is 21.3 Å². The number of anilines is 1. The summed E-state index contributed by atoms with van der Waals surface area (Å²) in [6.45, 7) is 1.93. The van der Waals surface area contributed by atoms with Crippen LogP contribution in [0.3, 0.4) is 0 Å². The first-order valence-corrected chi connectivity index (χ1v) is 11.1. The highest BCUT2D eigenvalue weighted by molar-refractivity contribution is 7.80. The average Bonchev–Trinajstić information content (AvgIpc) is 3.34. The molecule has 2 N–H and O–H groups in total. The van der Waals surface area contributed by atoms with Gasteiger partial charge >= 0.3 is 0 Å². The minimum absolute atomic E-state index is 0.151. The molecule has 2 aromatic heterocycles. The molecule has 0 aliphatic heterocycles. The molecule has 0 unspecified atom stereocenters. The Kier molecular flexibility index (Phi) is 6.38. The van der Waals surface area contributed by atoms with Crippen molar-refractivity contribution in [1.82, 2.24) is 10.3 Å². The molecule has 0 saturated heterocycles. The number of hydrogen-bond donors (Lipinski definition) is 2. The van der Waals surface area contributed by atoms with E-state index < -0.39 is 0 Å². The average molecular weight is 488 g/mol. The second kappa shape index (κ2) is 9.20. The number of rotatable bonds is 4. The maximum absolute atomic E-state index is 12.2. The number of aryl methyl sites for hydroxylation is 1. The topological polar surface area (TPSA) is 67.2 Å². The first-order chi connectivity index (χ1) is 14.9. The van der Waals surface area contributed by atoms with Crippen molar-refractivity contribution in [2.45, 2.75) is 6.92 Å². The molecule has 0 atom stereocenters. The third kappa shape index (κ3) is 5.32. The lowest BCUT2D eigenvalue weighted by atomic mass is 10.2. The zero-order chi connectivity index (χ0) is 22.0. The van der Waals surface area contributed by atoms with E-state index in [1.54, 1.807) is 30.3 Å². The molecular weight excluding hydrogens is 473 g/mol. The first-order valence-electron chi connectivity index (χ1n) is 9.10. The third-order valence-electron chi connectivity index (χ3n) is 4.28. The standard InChI is InChI=1S/C22H15Cl2N3O2S2/c1-12-10-19-17(11-16(12)24)25-22(31-19)27-21(30)26-20(28)9-7-15-6-8-18(29-15)13-2-4-14(23)5-3-13/h2-11H,1H3,(H2,25,26,27,28,30). The van der Waals surface area contributed by atoms with Gasteiger partial charge in [0, 0.05) is 21.7 Å². The van der Waals surface area contributed by atoms with E-state index in [-0.39, 0.29) is 11.0 Å². The molecule has 0 aliphatic carbocycles. The molecule has 0 saturated carbocycles. The number of fused-ring (bicyclic) bond motifs is 1. The van der Waals surface area contributed by atoms with Crippen LogP contribution in [0.1, 0.15) is 11.3 Å². The van der Waals surface area contributed by atoms with E-state index in [2.05, 4.69) is 15.6 Å². The maximum atomic E-state index is 12.2. The van der Waals surface area contributed by atoms with Gasteiger partial charge in [-0.1, -0.05) is 34.5 Å². The highest BCUT2D eigenvalue weighted by atomic mass is 35.5. The molecule has 2 heterocycles. The molecule has 156 valence electrons. The van der Waals surface area contributed by atoms with Crippen molar-refractivity contribution >= 4 is 79.2 Å². The van der Waals surface area contributed by atoms with Gasteiger partial charge in [0.25, 0.3) is 0 Å². The fourth-order valence-electron chi connectivity index (χ4n) is 2.75. The lowest BCUT2D eigenvalue weighted by Gasteiger charge is -2.04. The van der Waals surface area contributed by atoms with Crippen molar-refractivity contribution in [2.24, 2.45) is 0 Å². The van der Waals surface area contributed by atoms with Gasteiger partial charge in [-0.05, 0) is 79.3 Å². The van der Waals surface area contributed by atoms with Gasteiger partial charge in [0.05, 0.1) is 10.2 Å². The van der Waals surface area contributed by atoms with Crippen LogP contribution < -0.4 is 10.6 Å². The fourth-order valence-corrected chi connectivity index (χ4v) is 4.25. The summed E-state index contributed by atoms with van der Waals surface area (Å²) < 4.78 is 6.72. The Hall–Kier alpha value is -2.71. The van der Waals surface area contributed by atoms with Crippen LogP contribution in [0.15, 0.2) is 59.0 Å². The summed E-state index contributed by atoms with van der Waals surface area (Å²) in [6.07, 6.45) is 2.92. The molecule has 0 bridgehead atoms. The lowest BCUT2D eigenvalue weighted by molar-refractivity contribution is -0.115. The number of benzene rings is 2. The van der Waals surface area contributed by atoms with Crippen molar-refractivity contribution in [2.75, 3.05) is 5.32 Å². The molecule has 0 spiro atoms. The Morgan fingerprint density at radius 2 is 1.94 bits per heavy atom. The minimum atomic E-state index is -0.387. The van der Waals surface area contributed by atoms with E-state index in [1.807, 2.05) is 31.2 Å². The molecule has 0 radical (unpaired) electrons. The predicted octanol–water partition coefficient (Wildman–Crippen LogP) is 6.70. The van der Waals surface area contributed by atoms with Crippen LogP contribution in [0.2, 0.25) is 10.0 Å². The molecule has 2 aromatic carbocycles. The molecule has 4 rings (SSSR count). The van der Waals surface area contributed by atoms with Gasteiger partial charge < -0.3 is 9.73 Å². The summed E-state index contributed by atoms with van der Waals surface area (Å²) in [5, 5.41) is 7.55. The second-order valence-electron chi connectivity index (χ2n) is 6.57. The van der Waals surface area contributed by atoms with Gasteiger partial charge in [-0.3, -0.25) is 10.1 Å². The minimum Gasteiger partial charge on any atom is -0.457 e. The Balaban J connectivity index is 1.35. The molecule has 4 aromatic rings. The van der Waals surface area contributed by atoms with Gasteiger partial charge in [0.2, 0.25) is 5.91 Å². The van der Waals surface area contributed by atoms with Crippen molar-refractivity contribution < 1.29 is 9.21 Å². The third-order valence-corrected chi connectivity index (χ3v) is 6.08. The number of aromatic nitrogens is 1. The molecule has 9 heteroatoms. The molecule has 31 heavy (non-hydrogen) atoms. The predicted molar refractivity (Wildman–Crippen MR) is 132 cm³/mol. The van der Waals surface area contributed by atoms with Crippen molar-refractivity contribution in [3.8, 4) is 11.3 Å². The van der Waals surface area contributed by atoms with E-state index >= 15 is 0 Å². The number of halogens is 2. The number of thiocarbonyl (C=S) groups is 1. The molecule has 1 amide bonds. The van der Waals surface area contributed by atoms with Gasteiger partial charge in [-0.2, -0.15) is 0 Å². The normalized spacial score (nSPS) is 11.2. The largest absolute Gasteiger partial charge is 0.457 e.